The minimum absolute atomic E-state index is 0.335. The highest BCUT2D eigenvalue weighted by atomic mass is 16.5. The number of aromatic nitrogens is 1. The maximum Gasteiger partial charge on any atom is 0.188 e. The first kappa shape index (κ1) is 20.8. The van der Waals surface area contributed by atoms with Crippen LogP contribution in [-0.2, 0) is 16.1 Å². The van der Waals surface area contributed by atoms with Gasteiger partial charge in [-0.3, -0.25) is 14.9 Å². The number of nitrogens with two attached hydrogens (primary N) is 1. The standard InChI is InChI=1S/C22H34N4O2/c1-16(22(23)27-15-20-6-4-5-11-24-20)12-25-19-7-9-21(10-8-19)26-13-17(2)28-18(3)14-26/h4-6,11-12,17-19,21H,7-10,13-15,23H2,1-3H3/b22-16+,25-12?/t17-,18+,19?,21?. The predicted molar refractivity (Wildman–Crippen MR) is 112 cm³/mol. The van der Waals surface area contributed by atoms with Crippen LogP contribution in [0.25, 0.3) is 0 Å². The van der Waals surface area contributed by atoms with Gasteiger partial charge in [0, 0.05) is 37.1 Å². The van der Waals surface area contributed by atoms with E-state index in [1.807, 2.05) is 31.3 Å². The molecule has 1 aromatic rings. The van der Waals surface area contributed by atoms with Crippen LogP contribution in [0, 0.1) is 0 Å². The monoisotopic (exact) mass is 386 g/mol. The molecule has 2 atom stereocenters. The Morgan fingerprint density at radius 3 is 2.61 bits per heavy atom. The molecule has 28 heavy (non-hydrogen) atoms. The summed E-state index contributed by atoms with van der Waals surface area (Å²) in [6.45, 7) is 8.77. The fourth-order valence-corrected chi connectivity index (χ4v) is 4.12. The molecule has 0 spiro atoms. The summed E-state index contributed by atoms with van der Waals surface area (Å²) in [5, 5.41) is 0. The van der Waals surface area contributed by atoms with Crippen molar-refractivity contribution in [2.24, 2.45) is 10.7 Å². The molecule has 6 heteroatoms. The molecule has 0 amide bonds. The van der Waals surface area contributed by atoms with Crippen molar-refractivity contribution in [2.75, 3.05) is 13.1 Å². The number of hydrogen-bond donors (Lipinski definition) is 1. The largest absolute Gasteiger partial charge is 0.473 e. The molecule has 1 aliphatic carbocycles. The number of rotatable bonds is 6. The molecule has 1 aromatic heterocycles. The minimum Gasteiger partial charge on any atom is -0.473 e. The molecule has 154 valence electrons. The molecule has 1 aliphatic heterocycles. The van der Waals surface area contributed by atoms with E-state index in [4.69, 9.17) is 20.2 Å². The number of hydrogen-bond acceptors (Lipinski definition) is 6. The summed E-state index contributed by atoms with van der Waals surface area (Å²) in [5.74, 6) is 0.416. The molecule has 0 bridgehead atoms. The van der Waals surface area contributed by atoms with E-state index in [-0.39, 0.29) is 0 Å². The van der Waals surface area contributed by atoms with Gasteiger partial charge < -0.3 is 15.2 Å². The first-order valence-corrected chi connectivity index (χ1v) is 10.4. The zero-order valence-corrected chi connectivity index (χ0v) is 17.4. The molecule has 2 heterocycles. The van der Waals surface area contributed by atoms with Crippen LogP contribution < -0.4 is 5.73 Å². The number of ether oxygens (including phenoxy) is 2. The van der Waals surface area contributed by atoms with Gasteiger partial charge in [-0.25, -0.2) is 0 Å². The maximum atomic E-state index is 6.05. The minimum atomic E-state index is 0.335. The van der Waals surface area contributed by atoms with Gasteiger partial charge in [-0.1, -0.05) is 6.07 Å². The van der Waals surface area contributed by atoms with Crippen molar-refractivity contribution in [1.82, 2.24) is 9.88 Å². The van der Waals surface area contributed by atoms with Gasteiger partial charge in [0.05, 0.1) is 23.9 Å². The highest BCUT2D eigenvalue weighted by Gasteiger charge is 2.30. The third-order valence-corrected chi connectivity index (χ3v) is 5.60. The van der Waals surface area contributed by atoms with E-state index in [2.05, 4.69) is 23.7 Å². The number of aliphatic imine (C=N–C) groups is 1. The third kappa shape index (κ3) is 6.04. The Balaban J connectivity index is 1.44. The van der Waals surface area contributed by atoms with Gasteiger partial charge in [-0.2, -0.15) is 0 Å². The zero-order valence-electron chi connectivity index (χ0n) is 17.4. The lowest BCUT2D eigenvalue weighted by molar-refractivity contribution is -0.0843. The Bertz CT molecular complexity index is 658. The van der Waals surface area contributed by atoms with Crippen LogP contribution in [0.1, 0.15) is 52.1 Å². The van der Waals surface area contributed by atoms with Crippen LogP contribution in [0.4, 0.5) is 0 Å². The summed E-state index contributed by atoms with van der Waals surface area (Å²) in [5.41, 5.74) is 7.78. The zero-order chi connectivity index (χ0) is 19.9. The molecular weight excluding hydrogens is 352 g/mol. The lowest BCUT2D eigenvalue weighted by Crippen LogP contribution is -2.51. The predicted octanol–water partition coefficient (Wildman–Crippen LogP) is 3.28. The quantitative estimate of drug-likeness (QED) is 0.600. The van der Waals surface area contributed by atoms with Gasteiger partial charge in [-0.05, 0) is 58.6 Å². The van der Waals surface area contributed by atoms with Crippen LogP contribution >= 0.6 is 0 Å². The summed E-state index contributed by atoms with van der Waals surface area (Å²) in [4.78, 5) is 11.6. The average Bonchev–Trinajstić information content (AvgIpc) is 2.70. The molecule has 1 saturated heterocycles. The Hall–Kier alpha value is -1.92. The summed E-state index contributed by atoms with van der Waals surface area (Å²) in [6.07, 6.45) is 8.96. The smallest absolute Gasteiger partial charge is 0.188 e. The second-order valence-corrected chi connectivity index (χ2v) is 8.11. The lowest BCUT2D eigenvalue weighted by Gasteiger charge is -2.42. The second kappa shape index (κ2) is 10.0. The molecular formula is C22H34N4O2. The highest BCUT2D eigenvalue weighted by molar-refractivity contribution is 5.78. The summed E-state index contributed by atoms with van der Waals surface area (Å²) in [6, 6.07) is 6.80. The van der Waals surface area contributed by atoms with Crippen LogP contribution in [0.5, 0.6) is 0 Å². The first-order chi connectivity index (χ1) is 13.5. The fourth-order valence-electron chi connectivity index (χ4n) is 4.12. The summed E-state index contributed by atoms with van der Waals surface area (Å²) >= 11 is 0. The van der Waals surface area contributed by atoms with Gasteiger partial charge in [0.1, 0.15) is 6.61 Å². The summed E-state index contributed by atoms with van der Waals surface area (Å²) < 4.78 is 11.5. The number of pyridine rings is 1. The number of nitrogens with zero attached hydrogens (tertiary/aromatic N) is 3. The molecule has 0 aromatic carbocycles. The third-order valence-electron chi connectivity index (χ3n) is 5.60. The van der Waals surface area contributed by atoms with Crippen molar-refractivity contribution < 1.29 is 9.47 Å². The Morgan fingerprint density at radius 2 is 1.96 bits per heavy atom. The van der Waals surface area contributed by atoms with E-state index in [1.54, 1.807) is 6.20 Å². The van der Waals surface area contributed by atoms with Crippen LogP contribution in [0.3, 0.4) is 0 Å². The van der Waals surface area contributed by atoms with E-state index in [0.717, 1.165) is 37.2 Å². The van der Waals surface area contributed by atoms with Crippen LogP contribution in [0.15, 0.2) is 40.8 Å². The van der Waals surface area contributed by atoms with Crippen molar-refractivity contribution >= 4 is 6.21 Å². The topological polar surface area (TPSA) is 73.0 Å². The van der Waals surface area contributed by atoms with Gasteiger partial charge in [-0.15, -0.1) is 0 Å². The molecule has 3 rings (SSSR count). The van der Waals surface area contributed by atoms with Crippen molar-refractivity contribution in [2.45, 2.75) is 77.4 Å². The van der Waals surface area contributed by atoms with E-state index < -0.39 is 0 Å². The van der Waals surface area contributed by atoms with Crippen molar-refractivity contribution in [3.8, 4) is 0 Å². The Kier molecular flexibility index (Phi) is 7.45. The highest BCUT2D eigenvalue weighted by Crippen LogP contribution is 2.27. The lowest BCUT2D eigenvalue weighted by atomic mass is 9.90. The van der Waals surface area contributed by atoms with Gasteiger partial charge in [0.15, 0.2) is 5.88 Å². The molecule has 2 fully saturated rings. The van der Waals surface area contributed by atoms with Crippen LogP contribution in [-0.4, -0.2) is 53.5 Å². The van der Waals surface area contributed by atoms with Gasteiger partial charge >= 0.3 is 0 Å². The maximum absolute atomic E-state index is 6.05. The molecule has 0 radical (unpaired) electrons. The van der Waals surface area contributed by atoms with Crippen LogP contribution in [0.2, 0.25) is 0 Å². The number of allylic oxidation sites excluding steroid dienone is 1. The average molecular weight is 387 g/mol. The fraction of sp³-hybridized carbons (Fsp3) is 0.636. The Morgan fingerprint density at radius 1 is 1.25 bits per heavy atom. The van der Waals surface area contributed by atoms with Crippen molar-refractivity contribution in [3.63, 3.8) is 0 Å². The second-order valence-electron chi connectivity index (χ2n) is 8.11. The molecule has 0 unspecified atom stereocenters. The summed E-state index contributed by atoms with van der Waals surface area (Å²) in [7, 11) is 0. The normalized spacial score (nSPS) is 30.2. The molecule has 1 saturated carbocycles. The molecule has 2 N–H and O–H groups in total. The van der Waals surface area contributed by atoms with Crippen molar-refractivity contribution in [3.05, 3.63) is 41.5 Å². The molecule has 2 aliphatic rings. The first-order valence-electron chi connectivity index (χ1n) is 10.4. The van der Waals surface area contributed by atoms with E-state index in [9.17, 15) is 0 Å². The van der Waals surface area contributed by atoms with Crippen molar-refractivity contribution in [1.29, 1.82) is 0 Å². The van der Waals surface area contributed by atoms with E-state index in [0.29, 0.717) is 36.8 Å². The molecule has 6 nitrogen and oxygen atoms in total. The van der Waals surface area contributed by atoms with Gasteiger partial charge in [0.2, 0.25) is 0 Å². The number of morpholine rings is 1. The van der Waals surface area contributed by atoms with E-state index in [1.165, 1.54) is 12.8 Å². The SMILES string of the molecule is C/C(C=NC1CCC(N2C[C@@H](C)O[C@@H](C)C2)CC1)=C(/N)OCc1ccccn1. The van der Waals surface area contributed by atoms with Gasteiger partial charge in [0.25, 0.3) is 0 Å². The Labute approximate surface area is 168 Å². The van der Waals surface area contributed by atoms with E-state index >= 15 is 0 Å².